The van der Waals surface area contributed by atoms with Gasteiger partial charge >= 0.3 is 0 Å². The van der Waals surface area contributed by atoms with Gasteiger partial charge in [-0.1, -0.05) is 29.8 Å². The SMILES string of the molecule is Cc1ccc(C)c(CN2CCN(c3cccc(F)n3)C(C)C2)c1. The zero-order valence-corrected chi connectivity index (χ0v) is 14.1. The van der Waals surface area contributed by atoms with Gasteiger partial charge in [-0.3, -0.25) is 4.90 Å². The summed E-state index contributed by atoms with van der Waals surface area (Å²) in [6.45, 7) is 10.3. The summed E-state index contributed by atoms with van der Waals surface area (Å²) in [5.41, 5.74) is 4.05. The maximum absolute atomic E-state index is 13.3. The number of hydrogen-bond donors (Lipinski definition) is 0. The molecule has 3 rings (SSSR count). The average Bonchev–Trinajstić information content (AvgIpc) is 2.51. The van der Waals surface area contributed by atoms with Crippen LogP contribution in [0.25, 0.3) is 0 Å². The van der Waals surface area contributed by atoms with Gasteiger partial charge in [-0.15, -0.1) is 0 Å². The Kier molecular flexibility index (Phi) is 4.62. The van der Waals surface area contributed by atoms with Crippen molar-refractivity contribution in [2.45, 2.75) is 33.4 Å². The third-order valence-corrected chi connectivity index (χ3v) is 4.60. The highest BCUT2D eigenvalue weighted by molar-refractivity contribution is 5.40. The van der Waals surface area contributed by atoms with Crippen LogP contribution in [0.5, 0.6) is 0 Å². The van der Waals surface area contributed by atoms with E-state index in [2.05, 4.69) is 53.8 Å². The molecule has 0 spiro atoms. The van der Waals surface area contributed by atoms with Gasteiger partial charge in [0.05, 0.1) is 0 Å². The number of hydrogen-bond acceptors (Lipinski definition) is 3. The number of rotatable bonds is 3. The molecule has 1 fully saturated rings. The predicted molar refractivity (Wildman–Crippen MR) is 92.2 cm³/mol. The summed E-state index contributed by atoms with van der Waals surface area (Å²) >= 11 is 0. The zero-order chi connectivity index (χ0) is 16.4. The van der Waals surface area contributed by atoms with Crippen LogP contribution >= 0.6 is 0 Å². The Hall–Kier alpha value is -1.94. The first-order chi connectivity index (χ1) is 11.0. The van der Waals surface area contributed by atoms with Gasteiger partial charge in [-0.25, -0.2) is 4.98 Å². The van der Waals surface area contributed by atoms with E-state index in [9.17, 15) is 4.39 Å². The smallest absolute Gasteiger partial charge is 0.214 e. The van der Waals surface area contributed by atoms with Gasteiger partial charge in [0.1, 0.15) is 5.82 Å². The summed E-state index contributed by atoms with van der Waals surface area (Å²) in [6, 6.07) is 12.0. The maximum atomic E-state index is 13.3. The number of halogens is 1. The molecule has 0 radical (unpaired) electrons. The molecule has 0 saturated carbocycles. The standard InChI is InChI=1S/C19H24FN3/c1-14-7-8-15(2)17(11-14)13-22-9-10-23(16(3)12-22)19-6-4-5-18(20)21-19/h4-8,11,16H,9-10,12-13H2,1-3H3. The van der Waals surface area contributed by atoms with E-state index in [1.54, 1.807) is 6.07 Å². The number of benzene rings is 1. The lowest BCUT2D eigenvalue weighted by atomic mass is 10.0. The molecular formula is C19H24FN3. The molecule has 1 aromatic carbocycles. The molecule has 122 valence electrons. The Morgan fingerprint density at radius 2 is 2.00 bits per heavy atom. The summed E-state index contributed by atoms with van der Waals surface area (Å²) in [4.78, 5) is 8.69. The molecule has 0 aliphatic carbocycles. The highest BCUT2D eigenvalue weighted by atomic mass is 19.1. The van der Waals surface area contributed by atoms with Crippen molar-refractivity contribution in [3.05, 3.63) is 59.0 Å². The third-order valence-electron chi connectivity index (χ3n) is 4.60. The minimum Gasteiger partial charge on any atom is -0.351 e. The van der Waals surface area contributed by atoms with Crippen LogP contribution in [0.4, 0.5) is 10.2 Å². The fourth-order valence-electron chi connectivity index (χ4n) is 3.29. The number of nitrogens with zero attached hydrogens (tertiary/aromatic N) is 3. The molecule has 23 heavy (non-hydrogen) atoms. The molecule has 1 aliphatic rings. The van der Waals surface area contributed by atoms with Gasteiger partial charge in [0.2, 0.25) is 5.95 Å². The molecule has 2 heterocycles. The molecule has 3 nitrogen and oxygen atoms in total. The number of pyridine rings is 1. The summed E-state index contributed by atoms with van der Waals surface area (Å²) in [6.07, 6.45) is 0. The van der Waals surface area contributed by atoms with Gasteiger partial charge in [0.15, 0.2) is 0 Å². The van der Waals surface area contributed by atoms with Crippen LogP contribution in [0, 0.1) is 19.8 Å². The van der Waals surface area contributed by atoms with E-state index in [1.807, 2.05) is 6.07 Å². The number of piperazine rings is 1. The fraction of sp³-hybridized carbons (Fsp3) is 0.421. The Morgan fingerprint density at radius 3 is 2.74 bits per heavy atom. The van der Waals surface area contributed by atoms with Crippen LogP contribution < -0.4 is 4.90 Å². The van der Waals surface area contributed by atoms with Crippen molar-refractivity contribution in [1.82, 2.24) is 9.88 Å². The van der Waals surface area contributed by atoms with Crippen LogP contribution in [-0.2, 0) is 6.54 Å². The van der Waals surface area contributed by atoms with E-state index in [0.717, 1.165) is 32.0 Å². The molecule has 0 bridgehead atoms. The van der Waals surface area contributed by atoms with Gasteiger partial charge in [0.25, 0.3) is 0 Å². The topological polar surface area (TPSA) is 19.4 Å². The van der Waals surface area contributed by atoms with Crippen molar-refractivity contribution < 1.29 is 4.39 Å². The van der Waals surface area contributed by atoms with Crippen molar-refractivity contribution in [1.29, 1.82) is 0 Å². The van der Waals surface area contributed by atoms with Crippen LogP contribution in [0.2, 0.25) is 0 Å². The maximum Gasteiger partial charge on any atom is 0.214 e. The number of aryl methyl sites for hydroxylation is 2. The summed E-state index contributed by atoms with van der Waals surface area (Å²) in [5.74, 6) is 0.330. The number of anilines is 1. The average molecular weight is 313 g/mol. The third kappa shape index (κ3) is 3.70. The highest BCUT2D eigenvalue weighted by Crippen LogP contribution is 2.21. The van der Waals surface area contributed by atoms with Crippen molar-refractivity contribution >= 4 is 5.82 Å². The molecule has 1 unspecified atom stereocenters. The van der Waals surface area contributed by atoms with Gasteiger partial charge in [0, 0.05) is 32.2 Å². The van der Waals surface area contributed by atoms with E-state index < -0.39 is 5.95 Å². The van der Waals surface area contributed by atoms with E-state index in [0.29, 0.717) is 6.04 Å². The van der Waals surface area contributed by atoms with Crippen molar-refractivity contribution in [3.8, 4) is 0 Å². The first-order valence-electron chi connectivity index (χ1n) is 8.20. The van der Waals surface area contributed by atoms with Crippen LogP contribution in [-0.4, -0.2) is 35.6 Å². The molecule has 1 atom stereocenters. The quantitative estimate of drug-likeness (QED) is 0.808. The largest absolute Gasteiger partial charge is 0.351 e. The first kappa shape index (κ1) is 15.9. The normalized spacial score (nSPS) is 19.1. The first-order valence-corrected chi connectivity index (χ1v) is 8.20. The van der Waals surface area contributed by atoms with Crippen LogP contribution in [0.3, 0.4) is 0 Å². The number of aromatic nitrogens is 1. The molecule has 2 aromatic rings. The van der Waals surface area contributed by atoms with Crippen molar-refractivity contribution in [2.24, 2.45) is 0 Å². The Morgan fingerprint density at radius 1 is 1.17 bits per heavy atom. The summed E-state index contributed by atoms with van der Waals surface area (Å²) < 4.78 is 13.3. The Balaban J connectivity index is 1.68. The summed E-state index contributed by atoms with van der Waals surface area (Å²) in [5, 5.41) is 0. The second-order valence-corrected chi connectivity index (χ2v) is 6.53. The van der Waals surface area contributed by atoms with E-state index >= 15 is 0 Å². The molecule has 0 amide bonds. The molecule has 1 saturated heterocycles. The summed E-state index contributed by atoms with van der Waals surface area (Å²) in [7, 11) is 0. The lowest BCUT2D eigenvalue weighted by Crippen LogP contribution is -2.52. The molecular weight excluding hydrogens is 289 g/mol. The predicted octanol–water partition coefficient (Wildman–Crippen LogP) is 3.55. The molecule has 1 aromatic heterocycles. The monoisotopic (exact) mass is 313 g/mol. The molecule has 4 heteroatoms. The molecule has 1 aliphatic heterocycles. The van der Waals surface area contributed by atoms with Gasteiger partial charge in [-0.05, 0) is 44.0 Å². The van der Waals surface area contributed by atoms with Gasteiger partial charge < -0.3 is 4.90 Å². The highest BCUT2D eigenvalue weighted by Gasteiger charge is 2.25. The molecule has 0 N–H and O–H groups in total. The zero-order valence-electron chi connectivity index (χ0n) is 14.1. The van der Waals surface area contributed by atoms with Crippen molar-refractivity contribution in [3.63, 3.8) is 0 Å². The minimum absolute atomic E-state index is 0.322. The van der Waals surface area contributed by atoms with Crippen LogP contribution in [0.15, 0.2) is 36.4 Å². The van der Waals surface area contributed by atoms with E-state index in [4.69, 9.17) is 0 Å². The Labute approximate surface area is 137 Å². The minimum atomic E-state index is -0.410. The van der Waals surface area contributed by atoms with E-state index in [1.165, 1.54) is 22.8 Å². The van der Waals surface area contributed by atoms with Crippen LogP contribution in [0.1, 0.15) is 23.6 Å². The fourth-order valence-corrected chi connectivity index (χ4v) is 3.29. The second-order valence-electron chi connectivity index (χ2n) is 6.53. The Bertz CT molecular complexity index is 686. The van der Waals surface area contributed by atoms with Gasteiger partial charge in [-0.2, -0.15) is 4.39 Å². The lowest BCUT2D eigenvalue weighted by Gasteiger charge is -2.40. The van der Waals surface area contributed by atoms with E-state index in [-0.39, 0.29) is 0 Å². The second kappa shape index (κ2) is 6.67. The van der Waals surface area contributed by atoms with Crippen molar-refractivity contribution in [2.75, 3.05) is 24.5 Å². The lowest BCUT2D eigenvalue weighted by molar-refractivity contribution is 0.219.